The Bertz CT molecular complexity index is 559. The van der Waals surface area contributed by atoms with Gasteiger partial charge in [-0.2, -0.15) is 0 Å². The first-order chi connectivity index (χ1) is 12.7. The van der Waals surface area contributed by atoms with Crippen LogP contribution in [0.15, 0.2) is 49.1 Å². The second-order valence-corrected chi connectivity index (χ2v) is 6.99. The molecule has 1 N–H and O–H groups in total. The normalized spacial score (nSPS) is 13.6. The molecule has 0 radical (unpaired) electrons. The quantitative estimate of drug-likeness (QED) is 0.282. The molecule has 2 heteroatoms. The van der Waals surface area contributed by atoms with Gasteiger partial charge in [-0.25, -0.2) is 0 Å². The van der Waals surface area contributed by atoms with E-state index in [1.165, 1.54) is 38.5 Å². The summed E-state index contributed by atoms with van der Waals surface area (Å²) in [6.07, 6.45) is 16.8. The maximum atomic E-state index is 11.6. The fourth-order valence-corrected chi connectivity index (χ4v) is 3.54. The number of carbonyl (C=O) groups is 1. The molecule has 0 aromatic heterocycles. The van der Waals surface area contributed by atoms with E-state index in [-0.39, 0.29) is 5.92 Å². The highest BCUT2D eigenvalue weighted by atomic mass is 16.4. The van der Waals surface area contributed by atoms with E-state index in [0.717, 1.165) is 24.0 Å². The topological polar surface area (TPSA) is 37.3 Å². The zero-order valence-electron chi connectivity index (χ0n) is 16.6. The maximum absolute atomic E-state index is 11.6. The Kier molecular flexibility index (Phi) is 11.4. The fourth-order valence-electron chi connectivity index (χ4n) is 3.54. The van der Waals surface area contributed by atoms with E-state index < -0.39 is 11.9 Å². The number of rotatable bonds is 14. The number of carboxylic acid groups (broad SMARTS) is 1. The summed E-state index contributed by atoms with van der Waals surface area (Å²) >= 11 is 0. The monoisotopic (exact) mass is 356 g/mol. The van der Waals surface area contributed by atoms with Crippen molar-refractivity contribution < 1.29 is 9.90 Å². The molecule has 2 atom stereocenters. The number of hydrogen-bond donors (Lipinski definition) is 1. The molecule has 0 aliphatic rings. The molecule has 2 nitrogen and oxygen atoms in total. The molecule has 0 aliphatic heterocycles. The Morgan fingerprint density at radius 2 is 1.69 bits per heavy atom. The number of unbranched alkanes of at least 4 members (excludes halogenated alkanes) is 5. The van der Waals surface area contributed by atoms with Gasteiger partial charge in [0.05, 0.1) is 5.92 Å². The molecular weight excluding hydrogens is 320 g/mol. The van der Waals surface area contributed by atoms with Gasteiger partial charge in [-0.05, 0) is 43.2 Å². The Labute approximate surface area is 160 Å². The summed E-state index contributed by atoms with van der Waals surface area (Å²) in [6.45, 7) is 8.12. The first kappa shape index (κ1) is 22.2. The summed E-state index contributed by atoms with van der Waals surface area (Å²) in [6, 6.07) is 8.00. The Balaban J connectivity index is 2.53. The van der Waals surface area contributed by atoms with Gasteiger partial charge >= 0.3 is 5.97 Å². The Morgan fingerprint density at radius 1 is 1.04 bits per heavy atom. The number of allylic oxidation sites excluding steroid dienone is 3. The van der Waals surface area contributed by atoms with E-state index in [2.05, 4.69) is 31.7 Å². The number of benzene rings is 1. The highest BCUT2D eigenvalue weighted by molar-refractivity contribution is 5.76. The van der Waals surface area contributed by atoms with Crippen LogP contribution in [0, 0.1) is 0 Å². The van der Waals surface area contributed by atoms with Crippen LogP contribution in [0.2, 0.25) is 0 Å². The molecular formula is C24H36O2. The first-order valence-electron chi connectivity index (χ1n) is 10.2. The molecule has 0 amide bonds. The second-order valence-electron chi connectivity index (χ2n) is 6.99. The second kappa shape index (κ2) is 13.4. The van der Waals surface area contributed by atoms with Crippen molar-refractivity contribution in [1.82, 2.24) is 0 Å². The Morgan fingerprint density at radius 3 is 2.31 bits per heavy atom. The molecule has 0 heterocycles. The van der Waals surface area contributed by atoms with Gasteiger partial charge in [0, 0.05) is 5.92 Å². The molecule has 0 saturated carbocycles. The smallest absolute Gasteiger partial charge is 0.310 e. The molecule has 0 spiro atoms. The van der Waals surface area contributed by atoms with Crippen LogP contribution in [0.25, 0.3) is 0 Å². The average Bonchev–Trinajstić information content (AvgIpc) is 2.64. The average molecular weight is 357 g/mol. The van der Waals surface area contributed by atoms with Crippen molar-refractivity contribution in [3.8, 4) is 0 Å². The van der Waals surface area contributed by atoms with Crippen LogP contribution in [0.4, 0.5) is 0 Å². The van der Waals surface area contributed by atoms with Crippen molar-refractivity contribution in [2.75, 3.05) is 0 Å². The summed E-state index contributed by atoms with van der Waals surface area (Å²) in [7, 11) is 0. The van der Waals surface area contributed by atoms with Crippen molar-refractivity contribution in [3.63, 3.8) is 0 Å². The highest BCUT2D eigenvalue weighted by Crippen LogP contribution is 2.32. The number of aliphatic carboxylic acids is 1. The molecule has 26 heavy (non-hydrogen) atoms. The minimum Gasteiger partial charge on any atom is -0.481 e. The van der Waals surface area contributed by atoms with Gasteiger partial charge in [0.15, 0.2) is 0 Å². The van der Waals surface area contributed by atoms with E-state index in [1.54, 1.807) is 0 Å². The lowest BCUT2D eigenvalue weighted by atomic mass is 9.84. The zero-order valence-corrected chi connectivity index (χ0v) is 16.6. The third kappa shape index (κ3) is 7.59. The standard InChI is InChI=1S/C24H36O2/c1-4-7-8-9-10-11-12-13-14-17-20(5-2)22-18-15-16-19-23(22)21(6-3)24(25)26/h5,7-8,15-16,18-21H,2,4,6,9-14,17H2,1,3H3,(H,25,26)/b8-7+. The van der Waals surface area contributed by atoms with Crippen molar-refractivity contribution >= 4 is 5.97 Å². The lowest BCUT2D eigenvalue weighted by Crippen LogP contribution is -2.14. The predicted octanol–water partition coefficient (Wildman–Crippen LogP) is 7.23. The highest BCUT2D eigenvalue weighted by Gasteiger charge is 2.22. The number of carboxylic acids is 1. The lowest BCUT2D eigenvalue weighted by molar-refractivity contribution is -0.138. The molecule has 1 rings (SSSR count). The summed E-state index contributed by atoms with van der Waals surface area (Å²) in [5.74, 6) is -0.920. The van der Waals surface area contributed by atoms with Crippen molar-refractivity contribution in [2.24, 2.45) is 0 Å². The molecule has 0 aliphatic carbocycles. The Hall–Kier alpha value is -1.83. The summed E-state index contributed by atoms with van der Waals surface area (Å²) < 4.78 is 0. The van der Waals surface area contributed by atoms with Crippen molar-refractivity contribution in [2.45, 2.75) is 83.5 Å². The summed E-state index contributed by atoms with van der Waals surface area (Å²) in [5.41, 5.74) is 2.09. The predicted molar refractivity (Wildman–Crippen MR) is 112 cm³/mol. The zero-order chi connectivity index (χ0) is 19.2. The van der Waals surface area contributed by atoms with Gasteiger partial charge < -0.3 is 5.11 Å². The lowest BCUT2D eigenvalue weighted by Gasteiger charge is -2.20. The van der Waals surface area contributed by atoms with Gasteiger partial charge in [-0.15, -0.1) is 6.58 Å². The van der Waals surface area contributed by atoms with Gasteiger partial charge in [0.25, 0.3) is 0 Å². The van der Waals surface area contributed by atoms with Crippen LogP contribution in [-0.4, -0.2) is 11.1 Å². The van der Waals surface area contributed by atoms with E-state index >= 15 is 0 Å². The van der Waals surface area contributed by atoms with Crippen LogP contribution in [-0.2, 0) is 4.79 Å². The van der Waals surface area contributed by atoms with Gasteiger partial charge in [0.2, 0.25) is 0 Å². The van der Waals surface area contributed by atoms with Crippen LogP contribution < -0.4 is 0 Å². The first-order valence-corrected chi connectivity index (χ1v) is 10.2. The molecule has 2 unspecified atom stereocenters. The minimum absolute atomic E-state index is 0.243. The maximum Gasteiger partial charge on any atom is 0.310 e. The van der Waals surface area contributed by atoms with Gasteiger partial charge in [-0.3, -0.25) is 4.79 Å². The fraction of sp³-hybridized carbons (Fsp3) is 0.542. The molecule has 1 aromatic carbocycles. The largest absolute Gasteiger partial charge is 0.481 e. The number of hydrogen-bond acceptors (Lipinski definition) is 1. The van der Waals surface area contributed by atoms with E-state index in [4.69, 9.17) is 0 Å². The van der Waals surface area contributed by atoms with Crippen LogP contribution in [0.1, 0.15) is 94.6 Å². The molecule has 0 saturated heterocycles. The van der Waals surface area contributed by atoms with E-state index in [1.807, 2.05) is 31.2 Å². The molecule has 0 bridgehead atoms. The van der Waals surface area contributed by atoms with Crippen molar-refractivity contribution in [3.05, 3.63) is 60.2 Å². The summed E-state index contributed by atoms with van der Waals surface area (Å²) in [5, 5.41) is 9.53. The van der Waals surface area contributed by atoms with Gasteiger partial charge in [-0.1, -0.05) is 82.0 Å². The third-order valence-corrected chi connectivity index (χ3v) is 5.05. The van der Waals surface area contributed by atoms with E-state index in [9.17, 15) is 9.90 Å². The van der Waals surface area contributed by atoms with Gasteiger partial charge in [0.1, 0.15) is 0 Å². The molecule has 0 fully saturated rings. The summed E-state index contributed by atoms with van der Waals surface area (Å²) in [4.78, 5) is 11.6. The third-order valence-electron chi connectivity index (χ3n) is 5.05. The molecule has 1 aromatic rings. The van der Waals surface area contributed by atoms with Crippen LogP contribution in [0.3, 0.4) is 0 Å². The van der Waals surface area contributed by atoms with Crippen LogP contribution >= 0.6 is 0 Å². The minimum atomic E-state index is -0.736. The van der Waals surface area contributed by atoms with Crippen LogP contribution in [0.5, 0.6) is 0 Å². The van der Waals surface area contributed by atoms with E-state index in [0.29, 0.717) is 6.42 Å². The van der Waals surface area contributed by atoms with Crippen molar-refractivity contribution in [1.29, 1.82) is 0 Å². The SMILES string of the molecule is C=CC(CCCCCCC/C=C/CC)c1ccccc1C(CC)C(=O)O. The molecule has 144 valence electrons.